The van der Waals surface area contributed by atoms with Crippen LogP contribution in [0.25, 0.3) is 0 Å². The van der Waals surface area contributed by atoms with Crippen molar-refractivity contribution in [2.75, 3.05) is 0 Å². The number of aliphatic hydroxyl groups is 2. The molecule has 0 saturated heterocycles. The fourth-order valence-electron chi connectivity index (χ4n) is 0.433. The summed E-state index contributed by atoms with van der Waals surface area (Å²) in [5.74, 6) is -3.18. The van der Waals surface area contributed by atoms with Gasteiger partial charge in [-0.2, -0.15) is 0 Å². The molecule has 0 bridgehead atoms. The fourth-order valence-corrected chi connectivity index (χ4v) is 0.433. The summed E-state index contributed by atoms with van der Waals surface area (Å²) in [7, 11) is 0. The third-order valence-corrected chi connectivity index (χ3v) is 1.11. The predicted molar refractivity (Wildman–Crippen MR) is 41.7 cm³/mol. The largest absolute Gasteiger partial charge is 0.444 e. The third kappa shape index (κ3) is 3.47. The molecule has 0 saturated carbocycles. The molecule has 0 aromatic carbocycles. The molecule has 0 spiro atoms. The number of carbonyl (C=O) groups excluding carboxylic acids is 1. The Kier molecular flexibility index (Phi) is 3.38. The first-order valence-electron chi connectivity index (χ1n) is 3.36. The molecule has 0 aromatic heterocycles. The average molecular weight is 175 g/mol. The smallest absolute Gasteiger partial charge is 0.340 e. The first-order chi connectivity index (χ1) is 5.25. The summed E-state index contributed by atoms with van der Waals surface area (Å²) in [6.07, 6.45) is -0.795. The van der Waals surface area contributed by atoms with Crippen LogP contribution >= 0.6 is 0 Å². The van der Waals surface area contributed by atoms with Crippen molar-refractivity contribution in [3.63, 3.8) is 0 Å². The van der Waals surface area contributed by atoms with Crippen LogP contribution < -0.4 is 5.73 Å². The lowest BCUT2D eigenvalue weighted by molar-refractivity contribution is -0.156. The molecule has 5 nitrogen and oxygen atoms in total. The molecule has 1 unspecified atom stereocenters. The second-order valence-electron chi connectivity index (χ2n) is 2.61. The van der Waals surface area contributed by atoms with Crippen LogP contribution in [-0.4, -0.2) is 28.2 Å². The van der Waals surface area contributed by atoms with E-state index in [0.29, 0.717) is 0 Å². The number of nitrogens with two attached hydrogens (primary N) is 1. The van der Waals surface area contributed by atoms with E-state index < -0.39 is 23.6 Å². The Morgan fingerprint density at radius 3 is 2.33 bits per heavy atom. The molecule has 5 heteroatoms. The van der Waals surface area contributed by atoms with Gasteiger partial charge in [0.05, 0.1) is 5.57 Å². The lowest BCUT2D eigenvalue weighted by Gasteiger charge is -2.18. The number of hydrogen-bond donors (Lipinski definition) is 3. The summed E-state index contributed by atoms with van der Waals surface area (Å²) in [6, 6.07) is 0. The minimum atomic E-state index is -2.26. The summed E-state index contributed by atoms with van der Waals surface area (Å²) < 4.78 is 4.46. The third-order valence-electron chi connectivity index (χ3n) is 1.11. The van der Waals surface area contributed by atoms with Crippen LogP contribution in [0.5, 0.6) is 0 Å². The molecule has 0 radical (unpaired) electrons. The van der Waals surface area contributed by atoms with E-state index in [1.807, 2.05) is 0 Å². The zero-order valence-corrected chi connectivity index (χ0v) is 7.07. The second-order valence-corrected chi connectivity index (χ2v) is 2.61. The molecular formula is C7H13NO4. The van der Waals surface area contributed by atoms with E-state index in [1.165, 1.54) is 6.92 Å². The van der Waals surface area contributed by atoms with Crippen molar-refractivity contribution in [1.82, 2.24) is 0 Å². The average Bonchev–Trinajstić information content (AvgIpc) is 1.82. The van der Waals surface area contributed by atoms with E-state index >= 15 is 0 Å². The summed E-state index contributed by atoms with van der Waals surface area (Å²) in [6.45, 7) is 5.60. The summed E-state index contributed by atoms with van der Waals surface area (Å²) in [5, 5.41) is 17.8. The van der Waals surface area contributed by atoms with Crippen molar-refractivity contribution in [3.05, 3.63) is 12.2 Å². The molecule has 70 valence electrons. The molecule has 1 atom stereocenters. The molecule has 4 N–H and O–H groups in total. The molecule has 0 aromatic rings. The van der Waals surface area contributed by atoms with E-state index in [4.69, 9.17) is 15.9 Å². The van der Waals surface area contributed by atoms with E-state index in [9.17, 15) is 4.79 Å². The lowest BCUT2D eigenvalue weighted by atomic mass is 10.1. The molecule has 0 aliphatic heterocycles. The molecule has 12 heavy (non-hydrogen) atoms. The Bertz CT molecular complexity index is 192. The van der Waals surface area contributed by atoms with Gasteiger partial charge in [0.1, 0.15) is 6.23 Å². The fraction of sp³-hybridized carbons (Fsp3) is 0.571. The monoisotopic (exact) mass is 175 g/mol. The van der Waals surface area contributed by atoms with Crippen LogP contribution in [0, 0.1) is 0 Å². The van der Waals surface area contributed by atoms with Gasteiger partial charge < -0.3 is 14.9 Å². The van der Waals surface area contributed by atoms with Gasteiger partial charge in [0.25, 0.3) is 0 Å². The molecular weight excluding hydrogens is 162 g/mol. The molecule has 0 amide bonds. The van der Waals surface area contributed by atoms with Crippen LogP contribution in [0.1, 0.15) is 13.8 Å². The second kappa shape index (κ2) is 3.66. The van der Waals surface area contributed by atoms with Crippen molar-refractivity contribution < 1.29 is 19.7 Å². The highest BCUT2D eigenvalue weighted by Crippen LogP contribution is 2.11. The van der Waals surface area contributed by atoms with Crippen LogP contribution in [-0.2, 0) is 9.53 Å². The molecule has 0 rings (SSSR count). The van der Waals surface area contributed by atoms with E-state index in [-0.39, 0.29) is 0 Å². The van der Waals surface area contributed by atoms with E-state index in [2.05, 4.69) is 11.3 Å². The quantitative estimate of drug-likeness (QED) is 0.293. The Balaban J connectivity index is 4.22. The molecule has 0 aliphatic carbocycles. The first-order valence-corrected chi connectivity index (χ1v) is 3.36. The topological polar surface area (TPSA) is 92.8 Å². The van der Waals surface area contributed by atoms with Gasteiger partial charge in [-0.1, -0.05) is 6.58 Å². The van der Waals surface area contributed by atoms with Crippen molar-refractivity contribution in [1.29, 1.82) is 0 Å². The molecule has 0 heterocycles. The predicted octanol–water partition coefficient (Wildman–Crippen LogP) is -0.909. The minimum absolute atomic E-state index is 0.445. The summed E-state index contributed by atoms with van der Waals surface area (Å²) in [4.78, 5) is 10.9. The van der Waals surface area contributed by atoms with E-state index in [0.717, 1.165) is 6.92 Å². The maximum atomic E-state index is 10.9. The Morgan fingerprint density at radius 2 is 2.08 bits per heavy atom. The Hall–Kier alpha value is -0.910. The van der Waals surface area contributed by atoms with Crippen molar-refractivity contribution in [2.45, 2.75) is 25.9 Å². The number of esters is 1. The number of carbonyl (C=O) groups is 1. The van der Waals surface area contributed by atoms with Crippen LogP contribution in [0.3, 0.4) is 0 Å². The molecule has 0 aliphatic rings. The number of rotatable bonds is 3. The van der Waals surface area contributed by atoms with Gasteiger partial charge in [-0.25, -0.2) is 4.79 Å². The van der Waals surface area contributed by atoms with Gasteiger partial charge in [0, 0.05) is 0 Å². The highest BCUT2D eigenvalue weighted by molar-refractivity contribution is 5.89. The van der Waals surface area contributed by atoms with Gasteiger partial charge in [0.2, 0.25) is 0 Å². The Labute approximate surface area is 70.4 Å². The number of ether oxygens (including phenoxy) is 1. The van der Waals surface area contributed by atoms with Gasteiger partial charge in [0.15, 0.2) is 5.79 Å². The normalized spacial score (nSPS) is 13.8. The lowest BCUT2D eigenvalue weighted by Crippen LogP contribution is -2.34. The highest BCUT2D eigenvalue weighted by atomic mass is 16.6. The maximum Gasteiger partial charge on any atom is 0.340 e. The highest BCUT2D eigenvalue weighted by Gasteiger charge is 2.27. The van der Waals surface area contributed by atoms with Crippen LogP contribution in [0.4, 0.5) is 0 Å². The van der Waals surface area contributed by atoms with Crippen LogP contribution in [0.15, 0.2) is 12.2 Å². The first kappa shape index (κ1) is 11.1. The van der Waals surface area contributed by atoms with Crippen molar-refractivity contribution in [3.8, 4) is 0 Å². The van der Waals surface area contributed by atoms with Gasteiger partial charge >= 0.3 is 5.97 Å². The Morgan fingerprint density at radius 1 is 1.67 bits per heavy atom. The van der Waals surface area contributed by atoms with Gasteiger partial charge in [-0.3, -0.25) is 5.73 Å². The zero-order valence-electron chi connectivity index (χ0n) is 7.07. The van der Waals surface area contributed by atoms with Crippen LogP contribution in [0.2, 0.25) is 0 Å². The number of hydrogen-bond acceptors (Lipinski definition) is 5. The summed E-state index contributed by atoms with van der Waals surface area (Å²) in [5.41, 5.74) is 4.68. The molecule has 0 fully saturated rings. The zero-order chi connectivity index (χ0) is 9.94. The van der Waals surface area contributed by atoms with Crippen molar-refractivity contribution >= 4 is 5.97 Å². The SMILES string of the molecule is C=C(C(=O)OC(C)N)C(C)(O)O. The maximum absolute atomic E-state index is 10.9. The van der Waals surface area contributed by atoms with Gasteiger partial charge in [-0.15, -0.1) is 0 Å². The van der Waals surface area contributed by atoms with Gasteiger partial charge in [-0.05, 0) is 13.8 Å². The van der Waals surface area contributed by atoms with Crippen molar-refractivity contribution in [2.24, 2.45) is 5.73 Å². The minimum Gasteiger partial charge on any atom is -0.444 e. The standard InChI is InChI=1S/C7H13NO4/c1-4(7(3,10)11)6(9)12-5(2)8/h5,10-11H,1,8H2,2-3H3. The summed E-state index contributed by atoms with van der Waals surface area (Å²) >= 11 is 0. The van der Waals surface area contributed by atoms with E-state index in [1.54, 1.807) is 0 Å².